The van der Waals surface area contributed by atoms with Crippen molar-refractivity contribution >= 4 is 44.6 Å². The van der Waals surface area contributed by atoms with Crippen molar-refractivity contribution < 1.29 is 13.2 Å². The second-order valence-electron chi connectivity index (χ2n) is 8.65. The van der Waals surface area contributed by atoms with Crippen LogP contribution in [0.25, 0.3) is 0 Å². The minimum Gasteiger partial charge on any atom is -0.360 e. The van der Waals surface area contributed by atoms with Gasteiger partial charge in [-0.3, -0.25) is 4.79 Å². The Hall–Kier alpha value is -2.54. The molecule has 1 aliphatic heterocycles. The third kappa shape index (κ3) is 5.57. The van der Waals surface area contributed by atoms with Gasteiger partial charge in [0, 0.05) is 30.9 Å². The van der Waals surface area contributed by atoms with E-state index in [9.17, 15) is 13.2 Å². The molecule has 3 aromatic rings. The van der Waals surface area contributed by atoms with Crippen molar-refractivity contribution in [3.8, 4) is 0 Å². The molecule has 4 rings (SSSR count). The van der Waals surface area contributed by atoms with Crippen molar-refractivity contribution in [2.24, 2.45) is 0 Å². The van der Waals surface area contributed by atoms with Crippen LogP contribution in [0.4, 0.5) is 5.69 Å². The van der Waals surface area contributed by atoms with Crippen LogP contribution in [0.2, 0.25) is 10.0 Å². The fraction of sp³-hybridized carbons (Fsp3) is 0.269. The Morgan fingerprint density at radius 1 is 1.00 bits per heavy atom. The molecule has 0 aliphatic carbocycles. The Bertz CT molecular complexity index is 1310. The molecule has 0 aromatic heterocycles. The Kier molecular flexibility index (Phi) is 7.22. The largest absolute Gasteiger partial charge is 0.360 e. The number of rotatable bonds is 5. The normalized spacial score (nSPS) is 16.5. The van der Waals surface area contributed by atoms with Crippen molar-refractivity contribution in [2.75, 3.05) is 30.8 Å². The lowest BCUT2D eigenvalue weighted by Gasteiger charge is -2.43. The first-order valence-electron chi connectivity index (χ1n) is 11.0. The minimum atomic E-state index is -3.33. The number of carbonyl (C=O) groups excluding carboxylic acids is 1. The molecule has 0 bridgehead atoms. The second kappa shape index (κ2) is 9.98. The first-order valence-corrected chi connectivity index (χ1v) is 13.6. The van der Waals surface area contributed by atoms with Gasteiger partial charge in [-0.25, -0.2) is 8.42 Å². The number of amides is 1. The summed E-state index contributed by atoms with van der Waals surface area (Å²) in [7, 11) is -3.33. The van der Waals surface area contributed by atoms with E-state index < -0.39 is 9.84 Å². The van der Waals surface area contributed by atoms with Gasteiger partial charge in [0.25, 0.3) is 0 Å². The van der Waals surface area contributed by atoms with Crippen molar-refractivity contribution in [3.05, 3.63) is 93.5 Å². The van der Waals surface area contributed by atoms with Crippen molar-refractivity contribution in [1.29, 1.82) is 0 Å². The number of sulfone groups is 1. The number of aryl methyl sites for hydroxylation is 1. The number of piperazine rings is 1. The fourth-order valence-corrected chi connectivity index (χ4v) is 5.45. The summed E-state index contributed by atoms with van der Waals surface area (Å²) in [6.07, 6.45) is 1.31. The Balaban J connectivity index is 1.59. The summed E-state index contributed by atoms with van der Waals surface area (Å²) in [6.45, 7) is 3.64. The summed E-state index contributed by atoms with van der Waals surface area (Å²) in [4.78, 5) is 17.5. The SMILES string of the molecule is Cc1ccc(N2CCN(C(=O)Cc3cccc(S(C)(=O)=O)c3)CC2c2ccc(Cl)cc2)c(Cl)c1. The number of carbonyl (C=O) groups is 1. The summed E-state index contributed by atoms with van der Waals surface area (Å²) < 4.78 is 23.8. The maximum absolute atomic E-state index is 13.2. The third-order valence-electron chi connectivity index (χ3n) is 6.08. The van der Waals surface area contributed by atoms with Crippen molar-refractivity contribution in [2.45, 2.75) is 24.3 Å². The van der Waals surface area contributed by atoms with Crippen molar-refractivity contribution in [1.82, 2.24) is 4.90 Å². The maximum atomic E-state index is 13.2. The summed E-state index contributed by atoms with van der Waals surface area (Å²) in [5, 5.41) is 1.33. The maximum Gasteiger partial charge on any atom is 0.227 e. The Morgan fingerprint density at radius 2 is 1.74 bits per heavy atom. The smallest absolute Gasteiger partial charge is 0.227 e. The number of hydrogen-bond acceptors (Lipinski definition) is 4. The molecule has 1 fully saturated rings. The molecular formula is C26H26Cl2N2O3S. The van der Waals surface area contributed by atoms with Gasteiger partial charge in [-0.2, -0.15) is 0 Å². The number of benzene rings is 3. The van der Waals surface area contributed by atoms with Gasteiger partial charge in [-0.05, 0) is 60.0 Å². The van der Waals surface area contributed by atoms with Gasteiger partial charge in [-0.1, -0.05) is 53.5 Å². The van der Waals surface area contributed by atoms with Crippen LogP contribution in [0.1, 0.15) is 22.7 Å². The highest BCUT2D eigenvalue weighted by atomic mass is 35.5. The molecule has 0 N–H and O–H groups in total. The van der Waals surface area contributed by atoms with Gasteiger partial charge in [0.2, 0.25) is 5.91 Å². The molecule has 5 nitrogen and oxygen atoms in total. The summed E-state index contributed by atoms with van der Waals surface area (Å²) in [5.74, 6) is -0.0423. The summed E-state index contributed by atoms with van der Waals surface area (Å²) in [5.41, 5.74) is 3.74. The fourth-order valence-electron chi connectivity index (χ4n) is 4.29. The molecule has 1 aliphatic rings. The quantitative estimate of drug-likeness (QED) is 0.459. The minimum absolute atomic E-state index is 0.0423. The van der Waals surface area contributed by atoms with Crippen LogP contribution in [0.5, 0.6) is 0 Å². The first kappa shape index (κ1) is 24.6. The molecule has 0 radical (unpaired) electrons. The van der Waals surface area contributed by atoms with Crippen LogP contribution >= 0.6 is 23.2 Å². The van der Waals surface area contributed by atoms with Crippen LogP contribution in [0.3, 0.4) is 0 Å². The molecule has 34 heavy (non-hydrogen) atoms. The number of halogens is 2. The van der Waals surface area contributed by atoms with Gasteiger partial charge < -0.3 is 9.80 Å². The second-order valence-corrected chi connectivity index (χ2v) is 11.5. The molecular weight excluding hydrogens is 491 g/mol. The van der Waals surface area contributed by atoms with E-state index in [2.05, 4.69) is 4.90 Å². The van der Waals surface area contributed by atoms with E-state index in [0.29, 0.717) is 35.2 Å². The molecule has 1 atom stereocenters. The van der Waals surface area contributed by atoms with Crippen LogP contribution in [0, 0.1) is 6.92 Å². The van der Waals surface area contributed by atoms with E-state index in [1.807, 2.05) is 54.3 Å². The molecule has 1 heterocycles. The zero-order valence-electron chi connectivity index (χ0n) is 19.0. The molecule has 1 amide bonds. The lowest BCUT2D eigenvalue weighted by Crippen LogP contribution is -2.51. The first-order chi connectivity index (χ1) is 16.1. The molecule has 1 saturated heterocycles. The number of hydrogen-bond donors (Lipinski definition) is 0. The van der Waals surface area contributed by atoms with Gasteiger partial charge in [0.05, 0.1) is 28.1 Å². The number of anilines is 1. The Labute approximate surface area is 210 Å². The van der Waals surface area contributed by atoms with E-state index in [-0.39, 0.29) is 23.3 Å². The van der Waals surface area contributed by atoms with E-state index in [1.54, 1.807) is 24.3 Å². The third-order valence-corrected chi connectivity index (χ3v) is 7.75. The van der Waals surface area contributed by atoms with Crippen molar-refractivity contribution in [3.63, 3.8) is 0 Å². The van der Waals surface area contributed by atoms with Crippen LogP contribution in [-0.2, 0) is 21.1 Å². The lowest BCUT2D eigenvalue weighted by molar-refractivity contribution is -0.131. The van der Waals surface area contributed by atoms with E-state index in [4.69, 9.17) is 23.2 Å². The molecule has 8 heteroatoms. The Morgan fingerprint density at radius 3 is 2.41 bits per heavy atom. The molecule has 0 saturated carbocycles. The lowest BCUT2D eigenvalue weighted by atomic mass is 10.00. The molecule has 3 aromatic carbocycles. The van der Waals surface area contributed by atoms with E-state index in [1.165, 1.54) is 6.26 Å². The highest BCUT2D eigenvalue weighted by Gasteiger charge is 2.32. The van der Waals surface area contributed by atoms with E-state index in [0.717, 1.165) is 16.8 Å². The van der Waals surface area contributed by atoms with Gasteiger partial charge in [0.15, 0.2) is 9.84 Å². The van der Waals surface area contributed by atoms with Crippen LogP contribution < -0.4 is 4.90 Å². The average molecular weight is 517 g/mol. The summed E-state index contributed by atoms with van der Waals surface area (Å²) in [6, 6.07) is 20.1. The highest BCUT2D eigenvalue weighted by Crippen LogP contribution is 2.36. The van der Waals surface area contributed by atoms with Crippen LogP contribution in [-0.4, -0.2) is 45.1 Å². The topological polar surface area (TPSA) is 57.7 Å². The highest BCUT2D eigenvalue weighted by molar-refractivity contribution is 7.90. The predicted octanol–water partition coefficient (Wildman–Crippen LogP) is 5.34. The molecule has 1 unspecified atom stereocenters. The van der Waals surface area contributed by atoms with Crippen LogP contribution in [0.15, 0.2) is 71.6 Å². The van der Waals surface area contributed by atoms with Gasteiger partial charge >= 0.3 is 0 Å². The number of nitrogens with zero attached hydrogens (tertiary/aromatic N) is 2. The molecule has 178 valence electrons. The zero-order valence-corrected chi connectivity index (χ0v) is 21.4. The van der Waals surface area contributed by atoms with Gasteiger partial charge in [0.1, 0.15) is 0 Å². The van der Waals surface area contributed by atoms with E-state index >= 15 is 0 Å². The average Bonchev–Trinajstić information content (AvgIpc) is 2.79. The van der Waals surface area contributed by atoms with Gasteiger partial charge in [-0.15, -0.1) is 0 Å². The predicted molar refractivity (Wildman–Crippen MR) is 138 cm³/mol. The summed E-state index contributed by atoms with van der Waals surface area (Å²) >= 11 is 12.7. The molecule has 0 spiro atoms. The zero-order chi connectivity index (χ0) is 24.5. The standard InChI is InChI=1S/C26H26Cl2N2O3S/c1-18-6-11-24(23(28)14-18)30-13-12-29(17-25(30)20-7-9-21(27)10-8-20)26(31)16-19-4-3-5-22(15-19)34(2,32)33/h3-11,14-15,25H,12-13,16-17H2,1-2H3. The monoisotopic (exact) mass is 516 g/mol.